The van der Waals surface area contributed by atoms with Crippen molar-refractivity contribution in [3.05, 3.63) is 54.1 Å². The average Bonchev–Trinajstić information content (AvgIpc) is 2.83. The quantitative estimate of drug-likeness (QED) is 0.592. The molecule has 0 unspecified atom stereocenters. The van der Waals surface area contributed by atoms with E-state index in [9.17, 15) is 4.79 Å². The van der Waals surface area contributed by atoms with Crippen molar-refractivity contribution in [1.29, 1.82) is 0 Å². The molecular weight excluding hydrogens is 432 g/mol. The third kappa shape index (κ3) is 8.00. The standard InChI is InChI=1S/C21H26N2O4.C2H2O4/c1-25-19-10-6-7-17(21(19)26-2)15-22-11-13-23(14-12-22)20(24)16-27-18-8-4-3-5-9-18;3-1(4)2(5)6/h3-10H,11-16H2,1-2H3;(H,3,4)(H,5,6). The van der Waals surface area contributed by atoms with Gasteiger partial charge in [0.15, 0.2) is 18.1 Å². The van der Waals surface area contributed by atoms with Crippen molar-refractivity contribution in [2.24, 2.45) is 0 Å². The van der Waals surface area contributed by atoms with Crippen LogP contribution in [0, 0.1) is 0 Å². The Bertz CT molecular complexity index is 915. The second-order valence-electron chi connectivity index (χ2n) is 7.02. The number of carbonyl (C=O) groups excluding carboxylic acids is 1. The summed E-state index contributed by atoms with van der Waals surface area (Å²) in [6.07, 6.45) is 0. The molecule has 1 aliphatic heterocycles. The normalized spacial score (nSPS) is 13.3. The Balaban J connectivity index is 0.000000569. The second kappa shape index (κ2) is 12.9. The number of benzene rings is 2. The number of carboxylic acid groups (broad SMARTS) is 2. The van der Waals surface area contributed by atoms with Crippen molar-refractivity contribution < 1.29 is 38.8 Å². The number of amides is 1. The van der Waals surface area contributed by atoms with Gasteiger partial charge >= 0.3 is 11.9 Å². The van der Waals surface area contributed by atoms with Crippen LogP contribution in [0.5, 0.6) is 17.2 Å². The molecule has 1 amide bonds. The summed E-state index contributed by atoms with van der Waals surface area (Å²) in [6.45, 7) is 3.87. The van der Waals surface area contributed by atoms with E-state index >= 15 is 0 Å². The molecule has 3 rings (SSSR count). The van der Waals surface area contributed by atoms with Crippen molar-refractivity contribution in [2.45, 2.75) is 6.54 Å². The number of carbonyl (C=O) groups is 3. The molecule has 1 heterocycles. The number of ether oxygens (including phenoxy) is 3. The SMILES string of the molecule is COc1cccc(CN2CCN(C(=O)COc3ccccc3)CC2)c1OC.O=C(O)C(=O)O. The van der Waals surface area contributed by atoms with E-state index in [0.29, 0.717) is 13.1 Å². The molecular formula is C23H28N2O8. The van der Waals surface area contributed by atoms with Crippen molar-refractivity contribution in [3.63, 3.8) is 0 Å². The summed E-state index contributed by atoms with van der Waals surface area (Å²) in [5.41, 5.74) is 1.09. The van der Waals surface area contributed by atoms with Crippen LogP contribution in [0.25, 0.3) is 0 Å². The first-order valence-corrected chi connectivity index (χ1v) is 10.2. The molecule has 0 bridgehead atoms. The van der Waals surface area contributed by atoms with E-state index in [2.05, 4.69) is 4.90 Å². The first-order chi connectivity index (χ1) is 15.8. The summed E-state index contributed by atoms with van der Waals surface area (Å²) in [6, 6.07) is 15.3. The Morgan fingerprint density at radius 3 is 2.03 bits per heavy atom. The molecule has 0 saturated carbocycles. The summed E-state index contributed by atoms with van der Waals surface area (Å²) in [7, 11) is 3.30. The third-order valence-electron chi connectivity index (χ3n) is 4.89. The van der Waals surface area contributed by atoms with E-state index < -0.39 is 11.9 Å². The van der Waals surface area contributed by atoms with Crippen LogP contribution in [0.4, 0.5) is 0 Å². The van der Waals surface area contributed by atoms with E-state index in [0.717, 1.165) is 42.4 Å². The molecule has 178 valence electrons. The zero-order valence-corrected chi connectivity index (χ0v) is 18.6. The van der Waals surface area contributed by atoms with E-state index in [4.69, 9.17) is 34.0 Å². The maximum atomic E-state index is 12.4. The zero-order valence-electron chi connectivity index (χ0n) is 18.6. The molecule has 10 nitrogen and oxygen atoms in total. The number of rotatable bonds is 7. The number of aliphatic carboxylic acids is 2. The van der Waals surface area contributed by atoms with Gasteiger partial charge in [-0.2, -0.15) is 0 Å². The highest BCUT2D eigenvalue weighted by molar-refractivity contribution is 6.27. The van der Waals surface area contributed by atoms with Crippen LogP contribution in [-0.2, 0) is 20.9 Å². The van der Waals surface area contributed by atoms with Gasteiger partial charge in [-0.3, -0.25) is 9.69 Å². The highest BCUT2D eigenvalue weighted by Gasteiger charge is 2.22. The highest BCUT2D eigenvalue weighted by atomic mass is 16.5. The summed E-state index contributed by atoms with van der Waals surface area (Å²) in [4.78, 5) is 34.7. The molecule has 2 aromatic rings. The summed E-state index contributed by atoms with van der Waals surface area (Å²) in [5, 5.41) is 14.8. The fourth-order valence-electron chi connectivity index (χ4n) is 3.23. The number of methoxy groups -OCH3 is 2. The van der Waals surface area contributed by atoms with Crippen molar-refractivity contribution in [1.82, 2.24) is 9.80 Å². The molecule has 1 saturated heterocycles. The summed E-state index contributed by atoms with van der Waals surface area (Å²) in [5.74, 6) is -1.39. The summed E-state index contributed by atoms with van der Waals surface area (Å²) < 4.78 is 16.4. The van der Waals surface area contributed by atoms with Crippen molar-refractivity contribution in [2.75, 3.05) is 47.0 Å². The van der Waals surface area contributed by atoms with Crippen molar-refractivity contribution >= 4 is 17.8 Å². The first-order valence-electron chi connectivity index (χ1n) is 10.2. The van der Waals surface area contributed by atoms with Gasteiger partial charge in [0, 0.05) is 38.3 Å². The fourth-order valence-corrected chi connectivity index (χ4v) is 3.23. The Hall–Kier alpha value is -3.79. The van der Waals surface area contributed by atoms with Crippen LogP contribution in [0.2, 0.25) is 0 Å². The minimum atomic E-state index is -1.82. The van der Waals surface area contributed by atoms with Crippen LogP contribution in [0.15, 0.2) is 48.5 Å². The monoisotopic (exact) mass is 460 g/mol. The van der Waals surface area contributed by atoms with E-state index in [1.807, 2.05) is 53.4 Å². The smallest absolute Gasteiger partial charge is 0.414 e. The molecule has 0 spiro atoms. The van der Waals surface area contributed by atoms with Crippen molar-refractivity contribution in [3.8, 4) is 17.2 Å². The molecule has 2 N–H and O–H groups in total. The molecule has 2 aromatic carbocycles. The average molecular weight is 460 g/mol. The van der Waals surface area contributed by atoms with Crippen LogP contribution >= 0.6 is 0 Å². The number of piperazine rings is 1. The number of hydrogen-bond donors (Lipinski definition) is 2. The topological polar surface area (TPSA) is 126 Å². The largest absolute Gasteiger partial charge is 0.493 e. The van der Waals surface area contributed by atoms with Gasteiger partial charge in [0.05, 0.1) is 14.2 Å². The van der Waals surface area contributed by atoms with Gasteiger partial charge in [-0.05, 0) is 18.2 Å². The fraction of sp³-hybridized carbons (Fsp3) is 0.348. The lowest BCUT2D eigenvalue weighted by molar-refractivity contribution is -0.159. The number of nitrogens with zero attached hydrogens (tertiary/aromatic N) is 2. The van der Waals surface area contributed by atoms with E-state index in [1.54, 1.807) is 14.2 Å². The zero-order chi connectivity index (χ0) is 24.2. The van der Waals surface area contributed by atoms with Gasteiger partial charge in [-0.1, -0.05) is 30.3 Å². The lowest BCUT2D eigenvalue weighted by Gasteiger charge is -2.35. The Labute approximate surface area is 191 Å². The second-order valence-corrected chi connectivity index (χ2v) is 7.02. The van der Waals surface area contributed by atoms with Gasteiger partial charge in [0.1, 0.15) is 5.75 Å². The molecule has 0 aromatic heterocycles. The van der Waals surface area contributed by atoms with Crippen LogP contribution < -0.4 is 14.2 Å². The molecule has 1 aliphatic rings. The van der Waals surface area contributed by atoms with Gasteiger partial charge in [0.25, 0.3) is 5.91 Å². The molecule has 1 fully saturated rings. The number of hydrogen-bond acceptors (Lipinski definition) is 7. The van der Waals surface area contributed by atoms with E-state index in [1.165, 1.54) is 0 Å². The summed E-state index contributed by atoms with van der Waals surface area (Å²) >= 11 is 0. The molecule has 0 aliphatic carbocycles. The first kappa shape index (κ1) is 25.5. The van der Waals surface area contributed by atoms with Gasteiger partial charge in [-0.15, -0.1) is 0 Å². The Morgan fingerprint density at radius 1 is 0.848 bits per heavy atom. The number of carboxylic acids is 2. The van der Waals surface area contributed by atoms with Gasteiger partial charge in [0.2, 0.25) is 0 Å². The Kier molecular flexibility index (Phi) is 9.97. The lowest BCUT2D eigenvalue weighted by Crippen LogP contribution is -2.49. The Morgan fingerprint density at radius 2 is 1.48 bits per heavy atom. The minimum Gasteiger partial charge on any atom is -0.493 e. The molecule has 0 radical (unpaired) electrons. The lowest BCUT2D eigenvalue weighted by atomic mass is 10.1. The molecule has 33 heavy (non-hydrogen) atoms. The predicted octanol–water partition coefficient (Wildman–Crippen LogP) is 1.58. The van der Waals surface area contributed by atoms with E-state index in [-0.39, 0.29) is 12.5 Å². The molecule has 0 atom stereocenters. The third-order valence-corrected chi connectivity index (χ3v) is 4.89. The minimum absolute atomic E-state index is 0.0254. The van der Waals surface area contributed by atoms with Gasteiger partial charge < -0.3 is 29.3 Å². The van der Waals surface area contributed by atoms with Crippen LogP contribution in [0.1, 0.15) is 5.56 Å². The maximum Gasteiger partial charge on any atom is 0.414 e. The highest BCUT2D eigenvalue weighted by Crippen LogP contribution is 2.31. The van der Waals surface area contributed by atoms with Gasteiger partial charge in [-0.25, -0.2) is 9.59 Å². The van der Waals surface area contributed by atoms with Crippen LogP contribution in [-0.4, -0.2) is 84.9 Å². The number of para-hydroxylation sites is 2. The molecule has 10 heteroatoms. The van der Waals surface area contributed by atoms with Crippen LogP contribution in [0.3, 0.4) is 0 Å². The maximum absolute atomic E-state index is 12.4. The predicted molar refractivity (Wildman–Crippen MR) is 119 cm³/mol.